The van der Waals surface area contributed by atoms with Gasteiger partial charge in [-0.2, -0.15) is 0 Å². The van der Waals surface area contributed by atoms with Gasteiger partial charge in [0, 0.05) is 11.8 Å². The van der Waals surface area contributed by atoms with E-state index in [1.54, 1.807) is 0 Å². The van der Waals surface area contributed by atoms with Gasteiger partial charge in [-0.05, 0) is 57.3 Å². The first-order valence-electron chi connectivity index (χ1n) is 8.17. The summed E-state index contributed by atoms with van der Waals surface area (Å²) < 4.78 is 27.5. The summed E-state index contributed by atoms with van der Waals surface area (Å²) in [5.74, 6) is -3.80. The SMILES string of the molecule is O=C(O)C12CCC(C(=O)NCC(F)(F)CC3CC3)(CC1)CC2. The van der Waals surface area contributed by atoms with E-state index in [0.717, 1.165) is 12.8 Å². The Morgan fingerprint density at radius 3 is 2.00 bits per heavy atom. The summed E-state index contributed by atoms with van der Waals surface area (Å²) in [5, 5.41) is 11.8. The fourth-order valence-electron chi connectivity index (χ4n) is 4.06. The normalized spacial score (nSPS) is 34.5. The molecule has 0 aromatic heterocycles. The third kappa shape index (κ3) is 2.84. The van der Waals surface area contributed by atoms with Crippen LogP contribution in [0.2, 0.25) is 0 Å². The molecular formula is C16H23F2NO3. The Bertz CT molecular complexity index is 463. The number of carboxylic acid groups (broad SMARTS) is 1. The zero-order chi connectivity index (χ0) is 16.0. The lowest BCUT2D eigenvalue weighted by molar-refractivity contribution is -0.163. The summed E-state index contributed by atoms with van der Waals surface area (Å²) in [4.78, 5) is 23.8. The maximum absolute atomic E-state index is 13.8. The molecule has 0 heterocycles. The third-order valence-electron chi connectivity index (χ3n) is 5.97. The first kappa shape index (κ1) is 15.7. The number of hydrogen-bond acceptors (Lipinski definition) is 2. The minimum atomic E-state index is -2.83. The lowest BCUT2D eigenvalue weighted by Gasteiger charge is -2.50. The van der Waals surface area contributed by atoms with Gasteiger partial charge in [0.15, 0.2) is 0 Å². The van der Waals surface area contributed by atoms with Crippen LogP contribution in [0.15, 0.2) is 0 Å². The minimum Gasteiger partial charge on any atom is -0.481 e. The monoisotopic (exact) mass is 315 g/mol. The number of halogens is 2. The number of hydrogen-bond donors (Lipinski definition) is 2. The molecule has 0 aliphatic heterocycles. The quantitative estimate of drug-likeness (QED) is 0.792. The number of aliphatic carboxylic acids is 1. The van der Waals surface area contributed by atoms with Crippen molar-refractivity contribution in [2.24, 2.45) is 16.7 Å². The molecule has 0 unspecified atom stereocenters. The molecule has 0 spiro atoms. The number of rotatable bonds is 6. The largest absolute Gasteiger partial charge is 0.481 e. The van der Waals surface area contributed by atoms with Gasteiger partial charge < -0.3 is 10.4 Å². The number of nitrogens with one attached hydrogen (secondary N) is 1. The van der Waals surface area contributed by atoms with Gasteiger partial charge in [-0.15, -0.1) is 0 Å². The summed E-state index contributed by atoms with van der Waals surface area (Å²) >= 11 is 0. The average Bonchev–Trinajstić information content (AvgIpc) is 3.30. The van der Waals surface area contributed by atoms with Crippen molar-refractivity contribution in [3.8, 4) is 0 Å². The molecule has 4 rings (SSSR count). The summed E-state index contributed by atoms with van der Waals surface area (Å²) in [6.45, 7) is -0.589. The van der Waals surface area contributed by atoms with Gasteiger partial charge in [0.1, 0.15) is 0 Å². The van der Waals surface area contributed by atoms with Crippen LogP contribution in [0.4, 0.5) is 8.78 Å². The van der Waals surface area contributed by atoms with E-state index in [0.29, 0.717) is 38.5 Å². The molecule has 0 aromatic carbocycles. The summed E-state index contributed by atoms with van der Waals surface area (Å²) in [6, 6.07) is 0. The smallest absolute Gasteiger partial charge is 0.309 e. The van der Waals surface area contributed by atoms with Crippen molar-refractivity contribution in [2.75, 3.05) is 6.54 Å². The van der Waals surface area contributed by atoms with Crippen LogP contribution in [0.1, 0.15) is 57.8 Å². The van der Waals surface area contributed by atoms with E-state index in [1.807, 2.05) is 0 Å². The minimum absolute atomic E-state index is 0.116. The van der Waals surface area contributed by atoms with Crippen molar-refractivity contribution in [3.63, 3.8) is 0 Å². The Labute approximate surface area is 128 Å². The Morgan fingerprint density at radius 2 is 1.55 bits per heavy atom. The number of alkyl halides is 2. The van der Waals surface area contributed by atoms with Crippen molar-refractivity contribution in [1.82, 2.24) is 5.32 Å². The fraction of sp³-hybridized carbons (Fsp3) is 0.875. The highest BCUT2D eigenvalue weighted by Crippen LogP contribution is 2.57. The first-order valence-corrected chi connectivity index (χ1v) is 8.17. The van der Waals surface area contributed by atoms with E-state index < -0.39 is 29.3 Å². The molecule has 4 nitrogen and oxygen atoms in total. The van der Waals surface area contributed by atoms with Crippen LogP contribution in [0, 0.1) is 16.7 Å². The Kier molecular flexibility index (Phi) is 3.68. The second-order valence-corrected chi connectivity index (χ2v) is 7.55. The van der Waals surface area contributed by atoms with E-state index in [2.05, 4.69) is 5.32 Å². The average molecular weight is 315 g/mol. The van der Waals surface area contributed by atoms with Crippen LogP contribution in [-0.2, 0) is 9.59 Å². The molecule has 0 aromatic rings. The Balaban J connectivity index is 1.56. The molecule has 2 N–H and O–H groups in total. The maximum Gasteiger partial charge on any atom is 0.309 e. The molecule has 1 amide bonds. The second kappa shape index (κ2) is 5.17. The van der Waals surface area contributed by atoms with Gasteiger partial charge in [-0.3, -0.25) is 9.59 Å². The Hall–Kier alpha value is -1.20. The second-order valence-electron chi connectivity index (χ2n) is 7.55. The highest BCUT2D eigenvalue weighted by atomic mass is 19.3. The summed E-state index contributed by atoms with van der Waals surface area (Å²) in [5.41, 5.74) is -1.30. The Morgan fingerprint density at radius 1 is 1.05 bits per heavy atom. The van der Waals surface area contributed by atoms with Crippen LogP contribution >= 0.6 is 0 Å². The van der Waals surface area contributed by atoms with Crippen molar-refractivity contribution in [2.45, 2.75) is 63.7 Å². The number of carbonyl (C=O) groups is 2. The zero-order valence-electron chi connectivity index (χ0n) is 12.7. The van der Waals surface area contributed by atoms with Gasteiger partial charge in [0.25, 0.3) is 5.92 Å². The van der Waals surface area contributed by atoms with E-state index >= 15 is 0 Å². The van der Waals surface area contributed by atoms with E-state index in [-0.39, 0.29) is 18.2 Å². The lowest BCUT2D eigenvalue weighted by atomic mass is 9.53. The van der Waals surface area contributed by atoms with Gasteiger partial charge in [0.2, 0.25) is 5.91 Å². The van der Waals surface area contributed by atoms with Crippen LogP contribution in [0.5, 0.6) is 0 Å². The van der Waals surface area contributed by atoms with Gasteiger partial charge in [0.05, 0.1) is 12.0 Å². The highest BCUT2D eigenvalue weighted by Gasteiger charge is 2.55. The van der Waals surface area contributed by atoms with E-state index in [4.69, 9.17) is 0 Å². The molecular weight excluding hydrogens is 292 g/mol. The highest BCUT2D eigenvalue weighted by molar-refractivity contribution is 5.84. The molecule has 4 fully saturated rings. The predicted octanol–water partition coefficient (Wildman–Crippen LogP) is 2.96. The van der Waals surface area contributed by atoms with E-state index in [9.17, 15) is 23.5 Å². The molecule has 0 saturated heterocycles. The van der Waals surface area contributed by atoms with Gasteiger partial charge in [-0.1, -0.05) is 0 Å². The maximum atomic E-state index is 13.8. The molecule has 4 aliphatic rings. The molecule has 4 saturated carbocycles. The topological polar surface area (TPSA) is 66.4 Å². The molecule has 22 heavy (non-hydrogen) atoms. The van der Waals surface area contributed by atoms with Crippen molar-refractivity contribution >= 4 is 11.9 Å². The van der Waals surface area contributed by atoms with Crippen molar-refractivity contribution in [1.29, 1.82) is 0 Å². The predicted molar refractivity (Wildman–Crippen MR) is 75.5 cm³/mol. The van der Waals surface area contributed by atoms with Crippen LogP contribution in [0.25, 0.3) is 0 Å². The molecule has 2 bridgehead atoms. The van der Waals surface area contributed by atoms with Gasteiger partial charge >= 0.3 is 5.97 Å². The summed E-state index contributed by atoms with van der Waals surface area (Å²) in [6.07, 6.45) is 4.53. The lowest BCUT2D eigenvalue weighted by Crippen LogP contribution is -2.53. The fourth-order valence-corrected chi connectivity index (χ4v) is 4.06. The number of carboxylic acids is 1. The molecule has 4 aliphatic carbocycles. The van der Waals surface area contributed by atoms with Crippen LogP contribution in [0.3, 0.4) is 0 Å². The molecule has 124 valence electrons. The molecule has 0 atom stereocenters. The molecule has 0 radical (unpaired) electrons. The first-order chi connectivity index (χ1) is 10.3. The number of fused-ring (bicyclic) bond motifs is 3. The van der Waals surface area contributed by atoms with Crippen molar-refractivity contribution in [3.05, 3.63) is 0 Å². The van der Waals surface area contributed by atoms with Crippen LogP contribution < -0.4 is 5.32 Å². The summed E-state index contributed by atoms with van der Waals surface area (Å²) in [7, 11) is 0. The van der Waals surface area contributed by atoms with Crippen LogP contribution in [-0.4, -0.2) is 29.5 Å². The van der Waals surface area contributed by atoms with Gasteiger partial charge in [-0.25, -0.2) is 8.78 Å². The number of amides is 1. The zero-order valence-corrected chi connectivity index (χ0v) is 12.7. The van der Waals surface area contributed by atoms with E-state index in [1.165, 1.54) is 0 Å². The third-order valence-corrected chi connectivity index (χ3v) is 5.97. The van der Waals surface area contributed by atoms with Crippen molar-refractivity contribution < 1.29 is 23.5 Å². The molecule has 6 heteroatoms. The number of carbonyl (C=O) groups excluding carboxylic acids is 1. The standard InChI is InChI=1S/C16H23F2NO3/c17-16(18,9-11-1-2-11)10-19-12(20)14-3-6-15(7-4-14,8-5-14)13(21)22/h11H,1-10H2,(H,19,20)(H,21,22).